The molecule has 0 aliphatic rings. The number of aliphatic imine (C=N–C) groups is 1. The Hall–Kier alpha value is -0.410. The van der Waals surface area contributed by atoms with Crippen molar-refractivity contribution in [1.82, 2.24) is 5.32 Å². The van der Waals surface area contributed by atoms with Crippen LogP contribution >= 0.6 is 0 Å². The summed E-state index contributed by atoms with van der Waals surface area (Å²) in [6.45, 7) is 3.07. The van der Waals surface area contributed by atoms with Crippen molar-refractivity contribution < 1.29 is 5.11 Å². The third-order valence-electron chi connectivity index (χ3n) is 0.431. The van der Waals surface area contributed by atoms with Gasteiger partial charge in [-0.15, -0.1) is 0 Å². The Bertz CT molecular complexity index is 46.1. The maximum atomic E-state index is 8.33. The Morgan fingerprint density at radius 2 is 2.50 bits per heavy atom. The Balaban J connectivity index is 2.96. The third kappa shape index (κ3) is 1.87. The predicted molar refractivity (Wildman–Crippen MR) is 24.6 cm³/mol. The molecule has 1 atom stereocenters. The van der Waals surface area contributed by atoms with Gasteiger partial charge in [0.15, 0.2) is 0 Å². The summed E-state index contributed by atoms with van der Waals surface area (Å²) in [4.78, 5) is 3.20. The van der Waals surface area contributed by atoms with Gasteiger partial charge in [-0.25, -0.2) is 0 Å². The highest BCUT2D eigenvalue weighted by Gasteiger charge is 1.84. The summed E-state index contributed by atoms with van der Waals surface area (Å²) in [5, 5.41) is 10.8. The molecule has 0 aromatic heterocycles. The second-order valence-electron chi connectivity index (χ2n) is 0.845. The van der Waals surface area contributed by atoms with Crippen molar-refractivity contribution in [2.75, 3.05) is 7.05 Å². The molecule has 0 aromatic rings. The molecule has 0 aliphatic carbocycles. The summed E-state index contributed by atoms with van der Waals surface area (Å²) in [7, 11) is 1.60. The van der Waals surface area contributed by atoms with Crippen LogP contribution in [0.4, 0.5) is 0 Å². The molecular weight excluding hydrogens is 80.0 g/mol. The van der Waals surface area contributed by atoms with Crippen LogP contribution in [0.25, 0.3) is 0 Å². The van der Waals surface area contributed by atoms with Crippen LogP contribution in [0, 0.1) is 0 Å². The molecular formula is C3H8N2O. The molecule has 3 heteroatoms. The maximum absolute atomic E-state index is 8.33. The summed E-state index contributed by atoms with van der Waals surface area (Å²) >= 11 is 0. The highest BCUT2D eigenvalue weighted by atomic mass is 16.3. The normalized spacial score (nSPS) is 13.7. The van der Waals surface area contributed by atoms with Gasteiger partial charge in [-0.2, -0.15) is 0 Å². The summed E-state index contributed by atoms with van der Waals surface area (Å²) < 4.78 is 0. The standard InChI is InChI=1S/C3H8N2O/c1-4-3(6)5-2/h3,5-6H,1H2,2H3. The lowest BCUT2D eigenvalue weighted by Crippen LogP contribution is -2.20. The molecule has 0 saturated heterocycles. The average Bonchev–Trinajstić information content (AvgIpc) is 1.65. The van der Waals surface area contributed by atoms with Gasteiger partial charge in [0, 0.05) is 0 Å². The fourth-order valence-electron chi connectivity index (χ4n) is 0.0913. The molecule has 0 spiro atoms. The first-order valence-electron chi connectivity index (χ1n) is 1.62. The monoisotopic (exact) mass is 88.1 g/mol. The molecule has 0 heterocycles. The van der Waals surface area contributed by atoms with E-state index in [-0.39, 0.29) is 0 Å². The van der Waals surface area contributed by atoms with Gasteiger partial charge in [0.1, 0.15) is 0 Å². The highest BCUT2D eigenvalue weighted by Crippen LogP contribution is 1.67. The van der Waals surface area contributed by atoms with Crippen molar-refractivity contribution >= 4 is 6.72 Å². The molecule has 0 aliphatic heterocycles. The number of hydrogen-bond acceptors (Lipinski definition) is 3. The first-order valence-corrected chi connectivity index (χ1v) is 1.62. The minimum atomic E-state index is -0.801. The van der Waals surface area contributed by atoms with Crippen molar-refractivity contribution in [1.29, 1.82) is 0 Å². The fraction of sp³-hybridized carbons (Fsp3) is 0.667. The molecule has 6 heavy (non-hydrogen) atoms. The van der Waals surface area contributed by atoms with Crippen LogP contribution in [0.1, 0.15) is 0 Å². The first-order chi connectivity index (χ1) is 2.81. The molecule has 0 aromatic carbocycles. The zero-order valence-corrected chi connectivity index (χ0v) is 3.68. The van der Waals surface area contributed by atoms with Gasteiger partial charge in [0.05, 0.1) is 0 Å². The SMILES string of the molecule is C=NC(O)NC. The van der Waals surface area contributed by atoms with Crippen molar-refractivity contribution in [3.8, 4) is 0 Å². The van der Waals surface area contributed by atoms with Crippen LogP contribution in [0.2, 0.25) is 0 Å². The molecule has 2 N–H and O–H groups in total. The summed E-state index contributed by atoms with van der Waals surface area (Å²) in [5.41, 5.74) is 0. The largest absolute Gasteiger partial charge is 0.360 e. The van der Waals surface area contributed by atoms with E-state index in [0.29, 0.717) is 0 Å². The van der Waals surface area contributed by atoms with Crippen molar-refractivity contribution in [3.05, 3.63) is 0 Å². The van der Waals surface area contributed by atoms with E-state index in [0.717, 1.165) is 0 Å². The van der Waals surface area contributed by atoms with E-state index in [2.05, 4.69) is 17.0 Å². The number of aliphatic hydroxyl groups excluding tert-OH is 1. The quantitative estimate of drug-likeness (QED) is 0.342. The number of hydrogen-bond donors (Lipinski definition) is 2. The minimum absolute atomic E-state index is 0.801. The topological polar surface area (TPSA) is 44.6 Å². The Morgan fingerprint density at radius 3 is 2.50 bits per heavy atom. The van der Waals surface area contributed by atoms with Crippen LogP contribution in [0.3, 0.4) is 0 Å². The smallest absolute Gasteiger partial charge is 0.200 e. The van der Waals surface area contributed by atoms with Gasteiger partial charge in [0.25, 0.3) is 0 Å². The molecule has 3 nitrogen and oxygen atoms in total. The number of rotatable bonds is 2. The summed E-state index contributed by atoms with van der Waals surface area (Å²) in [6.07, 6.45) is -0.801. The van der Waals surface area contributed by atoms with E-state index in [1.54, 1.807) is 7.05 Å². The van der Waals surface area contributed by atoms with Gasteiger partial charge in [-0.1, -0.05) is 0 Å². The van der Waals surface area contributed by atoms with E-state index in [4.69, 9.17) is 5.11 Å². The zero-order chi connectivity index (χ0) is 4.99. The van der Waals surface area contributed by atoms with E-state index >= 15 is 0 Å². The van der Waals surface area contributed by atoms with E-state index in [9.17, 15) is 0 Å². The van der Waals surface area contributed by atoms with E-state index in [1.165, 1.54) is 0 Å². The first kappa shape index (κ1) is 5.59. The molecule has 0 amide bonds. The third-order valence-corrected chi connectivity index (χ3v) is 0.431. The van der Waals surface area contributed by atoms with Gasteiger partial charge in [-0.05, 0) is 13.8 Å². The van der Waals surface area contributed by atoms with E-state index in [1.807, 2.05) is 0 Å². The minimum Gasteiger partial charge on any atom is -0.360 e. The second-order valence-corrected chi connectivity index (χ2v) is 0.845. The summed E-state index contributed by atoms with van der Waals surface area (Å²) in [5.74, 6) is 0. The number of aliphatic hydroxyl groups is 1. The molecule has 36 valence electrons. The lowest BCUT2D eigenvalue weighted by Gasteiger charge is -1.96. The maximum Gasteiger partial charge on any atom is 0.200 e. The lowest BCUT2D eigenvalue weighted by molar-refractivity contribution is 0.158. The Kier molecular flexibility index (Phi) is 2.62. The Labute approximate surface area is 36.7 Å². The van der Waals surface area contributed by atoms with Crippen molar-refractivity contribution in [2.45, 2.75) is 6.35 Å². The average molecular weight is 88.1 g/mol. The highest BCUT2D eigenvalue weighted by molar-refractivity contribution is 5.23. The van der Waals surface area contributed by atoms with Crippen molar-refractivity contribution in [2.24, 2.45) is 4.99 Å². The molecule has 0 saturated carbocycles. The van der Waals surface area contributed by atoms with E-state index < -0.39 is 6.35 Å². The van der Waals surface area contributed by atoms with Gasteiger partial charge >= 0.3 is 0 Å². The van der Waals surface area contributed by atoms with Crippen LogP contribution in [-0.4, -0.2) is 25.2 Å². The van der Waals surface area contributed by atoms with Crippen molar-refractivity contribution in [3.63, 3.8) is 0 Å². The van der Waals surface area contributed by atoms with Gasteiger partial charge in [-0.3, -0.25) is 10.3 Å². The number of nitrogens with zero attached hydrogens (tertiary/aromatic N) is 1. The second kappa shape index (κ2) is 2.81. The van der Waals surface area contributed by atoms with Gasteiger partial charge < -0.3 is 5.11 Å². The molecule has 0 bridgehead atoms. The Morgan fingerprint density at radius 1 is 2.00 bits per heavy atom. The van der Waals surface area contributed by atoms with Gasteiger partial charge in [0.2, 0.25) is 6.35 Å². The zero-order valence-electron chi connectivity index (χ0n) is 3.68. The van der Waals surface area contributed by atoms with Crippen LogP contribution in [0.15, 0.2) is 4.99 Å². The molecule has 1 unspecified atom stereocenters. The fourth-order valence-corrected chi connectivity index (χ4v) is 0.0913. The predicted octanol–water partition coefficient (Wildman–Crippen LogP) is -0.818. The molecule has 0 radical (unpaired) electrons. The lowest BCUT2D eigenvalue weighted by atomic mass is 11.0. The molecule has 0 fully saturated rings. The van der Waals surface area contributed by atoms with Crippen LogP contribution in [0.5, 0.6) is 0 Å². The number of nitrogens with one attached hydrogen (secondary N) is 1. The van der Waals surface area contributed by atoms with Crippen LogP contribution in [-0.2, 0) is 0 Å². The molecule has 0 rings (SSSR count). The van der Waals surface area contributed by atoms with Crippen LogP contribution < -0.4 is 5.32 Å². The summed E-state index contributed by atoms with van der Waals surface area (Å²) in [6, 6.07) is 0.